The van der Waals surface area contributed by atoms with Crippen molar-refractivity contribution in [3.8, 4) is 11.3 Å². The van der Waals surface area contributed by atoms with Crippen LogP contribution in [0.1, 0.15) is 57.2 Å². The van der Waals surface area contributed by atoms with Crippen LogP contribution in [0.3, 0.4) is 0 Å². The lowest BCUT2D eigenvalue weighted by Gasteiger charge is -2.40. The predicted octanol–water partition coefficient (Wildman–Crippen LogP) is 7.28. The molecule has 0 aliphatic heterocycles. The van der Waals surface area contributed by atoms with Gasteiger partial charge in [0.15, 0.2) is 6.20 Å². The molecule has 5 aromatic rings. The zero-order chi connectivity index (χ0) is 23.1. The molecule has 2 aromatic carbocycles. The van der Waals surface area contributed by atoms with Crippen molar-refractivity contribution in [2.24, 2.45) is 7.05 Å². The second kappa shape index (κ2) is 6.66. The number of pyridine rings is 2. The molecule has 166 valence electrons. The summed E-state index contributed by atoms with van der Waals surface area (Å²) < 4.78 is 8.97. The molecule has 3 nitrogen and oxygen atoms in total. The first-order valence-electron chi connectivity index (χ1n) is 11.9. The van der Waals surface area contributed by atoms with Crippen molar-refractivity contribution in [2.45, 2.75) is 58.3 Å². The number of nitrogens with zero attached hydrogens (tertiary/aromatic N) is 2. The van der Waals surface area contributed by atoms with E-state index in [-0.39, 0.29) is 10.8 Å². The molecule has 0 radical (unpaired) electrons. The van der Waals surface area contributed by atoms with Crippen LogP contribution in [0.5, 0.6) is 0 Å². The van der Waals surface area contributed by atoms with Gasteiger partial charge in [0.05, 0.1) is 11.1 Å². The molecule has 0 spiro atoms. The van der Waals surface area contributed by atoms with Gasteiger partial charge in [-0.3, -0.25) is 4.98 Å². The normalized spacial score (nSPS) is 17.0. The summed E-state index contributed by atoms with van der Waals surface area (Å²) in [5.74, 6) is 0. The Hall–Kier alpha value is -3.20. The van der Waals surface area contributed by atoms with Crippen molar-refractivity contribution in [3.63, 3.8) is 0 Å². The molecule has 0 saturated heterocycles. The molecule has 0 atom stereocenters. The molecule has 0 N–H and O–H groups in total. The van der Waals surface area contributed by atoms with E-state index in [0.29, 0.717) is 0 Å². The van der Waals surface area contributed by atoms with Crippen LogP contribution in [0, 0.1) is 6.92 Å². The lowest BCUT2D eigenvalue weighted by Crippen LogP contribution is -2.40. The van der Waals surface area contributed by atoms with Gasteiger partial charge in [0.25, 0.3) is 0 Å². The van der Waals surface area contributed by atoms with E-state index in [9.17, 15) is 0 Å². The van der Waals surface area contributed by atoms with Crippen LogP contribution in [0.4, 0.5) is 0 Å². The maximum atomic E-state index is 6.67. The molecule has 1 aliphatic carbocycles. The van der Waals surface area contributed by atoms with Crippen molar-refractivity contribution in [1.29, 1.82) is 0 Å². The van der Waals surface area contributed by atoms with Gasteiger partial charge in [-0.05, 0) is 66.0 Å². The van der Waals surface area contributed by atoms with Crippen LogP contribution in [0.25, 0.3) is 44.1 Å². The highest BCUT2D eigenvalue weighted by Crippen LogP contribution is 2.47. The lowest BCUT2D eigenvalue weighted by molar-refractivity contribution is -0.661. The summed E-state index contributed by atoms with van der Waals surface area (Å²) in [4.78, 5) is 4.53. The molecule has 33 heavy (non-hydrogen) atoms. The van der Waals surface area contributed by atoms with Gasteiger partial charge in [-0.1, -0.05) is 39.8 Å². The number of hydrogen-bond acceptors (Lipinski definition) is 2. The molecule has 0 unspecified atom stereocenters. The zero-order valence-corrected chi connectivity index (χ0v) is 20.4. The van der Waals surface area contributed by atoms with Crippen LogP contribution >= 0.6 is 0 Å². The Balaban J connectivity index is 1.70. The molecule has 0 saturated carbocycles. The summed E-state index contributed by atoms with van der Waals surface area (Å²) in [6.45, 7) is 11.7. The van der Waals surface area contributed by atoms with Crippen LogP contribution in [-0.2, 0) is 17.9 Å². The SMILES string of the molecule is Cc1ccc2c(oc3c4cccnc4ccc23)c1-c1cc2c(c[n+]1C)C(C)(C)CCC2(C)C. The van der Waals surface area contributed by atoms with Crippen molar-refractivity contribution in [3.05, 3.63) is 71.5 Å². The van der Waals surface area contributed by atoms with Crippen molar-refractivity contribution in [2.75, 3.05) is 0 Å². The van der Waals surface area contributed by atoms with Gasteiger partial charge in [0.2, 0.25) is 5.69 Å². The second-order valence-corrected chi connectivity index (χ2v) is 11.1. The smallest absolute Gasteiger partial charge is 0.216 e. The Morgan fingerprint density at radius 1 is 0.848 bits per heavy atom. The maximum Gasteiger partial charge on any atom is 0.216 e. The summed E-state index contributed by atoms with van der Waals surface area (Å²) >= 11 is 0. The van der Waals surface area contributed by atoms with Gasteiger partial charge in [0, 0.05) is 34.0 Å². The van der Waals surface area contributed by atoms with Gasteiger partial charge in [-0.25, -0.2) is 4.57 Å². The number of furan rings is 1. The Bertz CT molecular complexity index is 1590. The minimum atomic E-state index is 0.158. The molecule has 0 fully saturated rings. The maximum absolute atomic E-state index is 6.67. The molecular weight excluding hydrogens is 404 g/mol. The molecule has 0 bridgehead atoms. The van der Waals surface area contributed by atoms with E-state index in [1.165, 1.54) is 40.8 Å². The first kappa shape index (κ1) is 20.4. The van der Waals surface area contributed by atoms with Crippen molar-refractivity contribution in [1.82, 2.24) is 4.98 Å². The van der Waals surface area contributed by atoms with Crippen molar-refractivity contribution >= 4 is 32.8 Å². The lowest BCUT2D eigenvalue weighted by atomic mass is 9.63. The first-order chi connectivity index (χ1) is 15.7. The first-order valence-corrected chi connectivity index (χ1v) is 11.9. The van der Waals surface area contributed by atoms with Gasteiger partial charge in [-0.2, -0.15) is 0 Å². The van der Waals surface area contributed by atoms with E-state index in [1.54, 1.807) is 0 Å². The van der Waals surface area contributed by atoms with E-state index >= 15 is 0 Å². The molecule has 3 heteroatoms. The molecule has 0 amide bonds. The Morgan fingerprint density at radius 2 is 1.55 bits per heavy atom. The predicted molar refractivity (Wildman–Crippen MR) is 136 cm³/mol. The summed E-state index contributed by atoms with van der Waals surface area (Å²) in [6, 6.07) is 15.2. The van der Waals surface area contributed by atoms with Gasteiger partial charge in [-0.15, -0.1) is 0 Å². The molecule has 3 heterocycles. The number of aryl methyl sites for hydroxylation is 2. The fraction of sp³-hybridized carbons (Fsp3) is 0.333. The van der Waals surface area contributed by atoms with Gasteiger partial charge < -0.3 is 4.42 Å². The average molecular weight is 436 g/mol. The number of hydrogen-bond donors (Lipinski definition) is 0. The molecule has 3 aromatic heterocycles. The summed E-state index contributed by atoms with van der Waals surface area (Å²) in [7, 11) is 2.17. The Morgan fingerprint density at radius 3 is 2.33 bits per heavy atom. The monoisotopic (exact) mass is 435 g/mol. The largest absolute Gasteiger partial charge is 0.454 e. The standard InChI is InChI=1S/C30H31N2O/c1-18-9-10-20-19-11-12-24-21(8-7-15-31-24)27(19)33-28(20)26(18)25-16-22-23(17-32(25)6)30(4,5)14-13-29(22,2)3/h7-12,15-17H,13-14H2,1-6H3/q+1. The Labute approximate surface area is 195 Å². The minimum Gasteiger partial charge on any atom is -0.454 e. The average Bonchev–Trinajstić information content (AvgIpc) is 3.16. The molecular formula is C30H31N2O+. The van der Waals surface area contributed by atoms with Gasteiger partial charge in [0.1, 0.15) is 18.2 Å². The fourth-order valence-corrected chi connectivity index (χ4v) is 5.76. The van der Waals surface area contributed by atoms with Crippen LogP contribution in [-0.4, -0.2) is 4.98 Å². The third kappa shape index (κ3) is 2.88. The highest BCUT2D eigenvalue weighted by Gasteiger charge is 2.40. The van der Waals surface area contributed by atoms with E-state index < -0.39 is 0 Å². The van der Waals surface area contributed by atoms with Crippen LogP contribution in [0.2, 0.25) is 0 Å². The van der Waals surface area contributed by atoms with E-state index in [1.807, 2.05) is 12.3 Å². The Kier molecular flexibility index (Phi) is 4.12. The minimum absolute atomic E-state index is 0.158. The van der Waals surface area contributed by atoms with E-state index in [2.05, 4.69) is 93.8 Å². The number of aromatic nitrogens is 2. The summed E-state index contributed by atoms with van der Waals surface area (Å²) in [6.07, 6.45) is 6.62. The number of fused-ring (bicyclic) bond motifs is 6. The van der Waals surface area contributed by atoms with Crippen LogP contribution in [0.15, 0.2) is 59.3 Å². The highest BCUT2D eigenvalue weighted by molar-refractivity contribution is 6.16. The van der Waals surface area contributed by atoms with Crippen LogP contribution < -0.4 is 4.57 Å². The third-order valence-corrected chi connectivity index (χ3v) is 7.96. The molecule has 1 aliphatic rings. The number of benzene rings is 2. The topological polar surface area (TPSA) is 29.9 Å². The second-order valence-electron chi connectivity index (χ2n) is 11.1. The highest BCUT2D eigenvalue weighted by atomic mass is 16.3. The zero-order valence-electron chi connectivity index (χ0n) is 20.4. The van der Waals surface area contributed by atoms with E-state index in [0.717, 1.165) is 32.8 Å². The third-order valence-electron chi connectivity index (χ3n) is 7.96. The fourth-order valence-electron chi connectivity index (χ4n) is 5.76. The quantitative estimate of drug-likeness (QED) is 0.259. The summed E-state index contributed by atoms with van der Waals surface area (Å²) in [5.41, 5.74) is 9.76. The number of rotatable bonds is 1. The van der Waals surface area contributed by atoms with Crippen molar-refractivity contribution < 1.29 is 8.98 Å². The van der Waals surface area contributed by atoms with Gasteiger partial charge >= 0.3 is 0 Å². The molecule has 6 rings (SSSR count). The summed E-state index contributed by atoms with van der Waals surface area (Å²) in [5, 5.41) is 3.37. The van der Waals surface area contributed by atoms with E-state index in [4.69, 9.17) is 4.42 Å².